The molecule has 3 heteroatoms. The minimum absolute atomic E-state index is 0.116. The summed E-state index contributed by atoms with van der Waals surface area (Å²) in [4.78, 5) is 2.48. The number of fused-ring (bicyclic) bond motifs is 12. The quantitative estimate of drug-likeness (QED) is 0.168. The van der Waals surface area contributed by atoms with Crippen LogP contribution in [0.25, 0.3) is 81.0 Å². The highest BCUT2D eigenvalue weighted by Gasteiger charge is 2.38. The topological polar surface area (TPSA) is 8.17 Å². The van der Waals surface area contributed by atoms with Gasteiger partial charge in [-0.2, -0.15) is 0 Å². The summed E-state index contributed by atoms with van der Waals surface area (Å²) in [5.74, 6) is 0. The second kappa shape index (κ2) is 13.2. The van der Waals surface area contributed by atoms with Crippen LogP contribution in [0.15, 0.2) is 194 Å². The van der Waals surface area contributed by atoms with Crippen molar-refractivity contribution in [3.05, 3.63) is 216 Å². The fourth-order valence-electron chi connectivity index (χ4n) is 11.2. The third kappa shape index (κ3) is 5.18. The molecule has 0 fully saturated rings. The van der Waals surface area contributed by atoms with Gasteiger partial charge >= 0.3 is 0 Å². The van der Waals surface area contributed by atoms with Gasteiger partial charge in [-0.15, -0.1) is 11.3 Å². The monoisotopic (exact) mass is 824 g/mol. The van der Waals surface area contributed by atoms with E-state index in [9.17, 15) is 0 Å². The standard InChI is InChI=1S/C60H44N2S/c1-59(2)51-22-11-8-17-43(51)44-31-29-40(33-52(44)59)61(39-27-25-37(26-28-39)42-20-14-21-48-47-19-10-13-24-57(47)63-58(42)48)41-30-32-45-49-36-56-50(35-54(49)60(3,4)53(45)34-41)46-18-9-12-23-55(46)62(56)38-15-6-5-7-16-38/h5-36H,1-4H3. The van der Waals surface area contributed by atoms with E-state index in [-0.39, 0.29) is 10.8 Å². The minimum atomic E-state index is -0.217. The van der Waals surface area contributed by atoms with Gasteiger partial charge in [-0.1, -0.05) is 149 Å². The third-order valence-electron chi connectivity index (χ3n) is 14.4. The molecule has 2 aliphatic carbocycles. The number of aromatic nitrogens is 1. The minimum Gasteiger partial charge on any atom is -0.310 e. The Labute approximate surface area is 371 Å². The van der Waals surface area contributed by atoms with Gasteiger partial charge in [-0.3, -0.25) is 0 Å². The van der Waals surface area contributed by atoms with E-state index in [2.05, 4.69) is 231 Å². The zero-order chi connectivity index (χ0) is 42.2. The van der Waals surface area contributed by atoms with Gasteiger partial charge in [-0.25, -0.2) is 0 Å². The maximum atomic E-state index is 2.49. The van der Waals surface area contributed by atoms with Crippen molar-refractivity contribution in [3.8, 4) is 39.1 Å². The molecule has 0 saturated carbocycles. The number of para-hydroxylation sites is 2. The van der Waals surface area contributed by atoms with Crippen molar-refractivity contribution in [1.82, 2.24) is 4.57 Å². The first-order chi connectivity index (χ1) is 30.8. The molecule has 0 spiro atoms. The number of thiophene rings is 1. The van der Waals surface area contributed by atoms with E-state index in [1.165, 1.54) is 103 Å². The van der Waals surface area contributed by atoms with Crippen molar-refractivity contribution in [1.29, 1.82) is 0 Å². The van der Waals surface area contributed by atoms with Crippen molar-refractivity contribution in [2.45, 2.75) is 38.5 Å². The molecule has 0 N–H and O–H groups in total. The Kier molecular flexibility index (Phi) is 7.61. The molecule has 2 aromatic heterocycles. The molecule has 0 bridgehead atoms. The van der Waals surface area contributed by atoms with Crippen molar-refractivity contribution in [2.75, 3.05) is 4.90 Å². The Bertz CT molecular complexity index is 3680. The first kappa shape index (κ1) is 36.5. The van der Waals surface area contributed by atoms with Crippen molar-refractivity contribution in [3.63, 3.8) is 0 Å². The fraction of sp³-hybridized carbons (Fsp3) is 0.100. The zero-order valence-corrected chi connectivity index (χ0v) is 36.6. The molecule has 2 aliphatic rings. The number of benzene rings is 9. The summed E-state index contributed by atoms with van der Waals surface area (Å²) in [5, 5.41) is 5.23. The average Bonchev–Trinajstić information content (AvgIpc) is 4.00. The molecular formula is C60H44N2S. The summed E-state index contributed by atoms with van der Waals surface area (Å²) in [6, 6.07) is 72.7. The summed E-state index contributed by atoms with van der Waals surface area (Å²) in [7, 11) is 0. The molecule has 0 saturated heterocycles. The van der Waals surface area contributed by atoms with E-state index in [1.54, 1.807) is 0 Å². The number of hydrogen-bond acceptors (Lipinski definition) is 2. The van der Waals surface area contributed by atoms with Gasteiger partial charge in [0.1, 0.15) is 0 Å². The van der Waals surface area contributed by atoms with Crippen LogP contribution in [0.3, 0.4) is 0 Å². The molecule has 0 amide bonds. The molecule has 0 aliphatic heterocycles. The lowest BCUT2D eigenvalue weighted by molar-refractivity contribution is 0.660. The lowest BCUT2D eigenvalue weighted by atomic mass is 9.81. The van der Waals surface area contributed by atoms with Crippen LogP contribution in [0.5, 0.6) is 0 Å². The van der Waals surface area contributed by atoms with Gasteiger partial charge in [0.25, 0.3) is 0 Å². The van der Waals surface area contributed by atoms with Crippen molar-refractivity contribution >= 4 is 70.4 Å². The second-order valence-corrected chi connectivity index (χ2v) is 19.6. The van der Waals surface area contributed by atoms with Gasteiger partial charge in [0.15, 0.2) is 0 Å². The SMILES string of the molecule is CC1(C)c2ccccc2-c2ccc(N(c3ccc(-c4cccc5c4sc4ccccc45)cc3)c3ccc4c(c3)C(C)(C)c3cc5c6ccccc6n(-c6ccccc6)c5cc3-4)cc21. The summed E-state index contributed by atoms with van der Waals surface area (Å²) in [6.45, 7) is 9.57. The molecule has 0 radical (unpaired) electrons. The average molecular weight is 825 g/mol. The van der Waals surface area contributed by atoms with Crippen LogP contribution in [0.4, 0.5) is 17.1 Å². The van der Waals surface area contributed by atoms with E-state index in [0.717, 1.165) is 17.1 Å². The molecule has 63 heavy (non-hydrogen) atoms. The predicted molar refractivity (Wildman–Crippen MR) is 269 cm³/mol. The van der Waals surface area contributed by atoms with Crippen molar-refractivity contribution in [2.24, 2.45) is 0 Å². The lowest BCUT2D eigenvalue weighted by Gasteiger charge is -2.30. The normalized spacial score (nSPS) is 14.3. The highest BCUT2D eigenvalue weighted by atomic mass is 32.1. The van der Waals surface area contributed by atoms with Gasteiger partial charge in [-0.05, 0) is 128 Å². The van der Waals surface area contributed by atoms with Crippen LogP contribution in [0.2, 0.25) is 0 Å². The van der Waals surface area contributed by atoms with Crippen molar-refractivity contribution < 1.29 is 0 Å². The maximum Gasteiger partial charge on any atom is 0.0547 e. The van der Waals surface area contributed by atoms with E-state index < -0.39 is 0 Å². The van der Waals surface area contributed by atoms with Gasteiger partial charge < -0.3 is 9.47 Å². The molecule has 300 valence electrons. The molecule has 2 heterocycles. The van der Waals surface area contributed by atoms with E-state index in [0.29, 0.717) is 0 Å². The molecule has 11 aromatic rings. The highest BCUT2D eigenvalue weighted by molar-refractivity contribution is 7.26. The summed E-state index contributed by atoms with van der Waals surface area (Å²) in [6.07, 6.45) is 0. The fourth-order valence-corrected chi connectivity index (χ4v) is 12.5. The number of anilines is 3. The third-order valence-corrected chi connectivity index (χ3v) is 15.6. The molecule has 0 atom stereocenters. The zero-order valence-electron chi connectivity index (χ0n) is 35.8. The van der Waals surface area contributed by atoms with E-state index in [4.69, 9.17) is 0 Å². The van der Waals surface area contributed by atoms with Crippen LogP contribution in [-0.4, -0.2) is 4.57 Å². The number of rotatable bonds is 5. The Morgan fingerprint density at radius 2 is 0.952 bits per heavy atom. The predicted octanol–water partition coefficient (Wildman–Crippen LogP) is 16.9. The van der Waals surface area contributed by atoms with Crippen LogP contribution in [0.1, 0.15) is 49.9 Å². The largest absolute Gasteiger partial charge is 0.310 e. The highest BCUT2D eigenvalue weighted by Crippen LogP contribution is 2.54. The van der Waals surface area contributed by atoms with Crippen LogP contribution >= 0.6 is 11.3 Å². The number of hydrogen-bond donors (Lipinski definition) is 0. The Morgan fingerprint density at radius 1 is 0.381 bits per heavy atom. The Balaban J connectivity index is 0.978. The molecule has 13 rings (SSSR count). The first-order valence-electron chi connectivity index (χ1n) is 22.1. The molecule has 2 nitrogen and oxygen atoms in total. The lowest BCUT2D eigenvalue weighted by Crippen LogP contribution is -2.18. The smallest absolute Gasteiger partial charge is 0.0547 e. The van der Waals surface area contributed by atoms with Gasteiger partial charge in [0.2, 0.25) is 0 Å². The molecular weight excluding hydrogens is 781 g/mol. The van der Waals surface area contributed by atoms with Crippen LogP contribution in [0, 0.1) is 0 Å². The van der Waals surface area contributed by atoms with E-state index >= 15 is 0 Å². The van der Waals surface area contributed by atoms with Crippen LogP contribution in [-0.2, 0) is 10.8 Å². The Morgan fingerprint density at radius 3 is 1.73 bits per heavy atom. The van der Waals surface area contributed by atoms with Gasteiger partial charge in [0, 0.05) is 64.5 Å². The first-order valence-corrected chi connectivity index (χ1v) is 22.9. The maximum absolute atomic E-state index is 2.49. The summed E-state index contributed by atoms with van der Waals surface area (Å²) in [5.41, 5.74) is 20.1. The second-order valence-electron chi connectivity index (χ2n) is 18.5. The molecule has 9 aromatic carbocycles. The number of nitrogens with zero attached hydrogens (tertiary/aromatic N) is 2. The Hall–Kier alpha value is -7.20. The van der Waals surface area contributed by atoms with E-state index in [1.807, 2.05) is 11.3 Å². The summed E-state index contributed by atoms with van der Waals surface area (Å²) < 4.78 is 5.10. The van der Waals surface area contributed by atoms with Gasteiger partial charge in [0.05, 0.1) is 11.0 Å². The summed E-state index contributed by atoms with van der Waals surface area (Å²) >= 11 is 1.89. The van der Waals surface area contributed by atoms with Crippen LogP contribution < -0.4 is 4.90 Å². The molecule has 0 unspecified atom stereocenters.